The zero-order valence-electron chi connectivity index (χ0n) is 12.8. The molecule has 21 heavy (non-hydrogen) atoms. The van der Waals surface area contributed by atoms with Gasteiger partial charge in [-0.05, 0) is 24.1 Å². The second-order valence-corrected chi connectivity index (χ2v) is 4.40. The summed E-state index contributed by atoms with van der Waals surface area (Å²) in [6, 6.07) is 7.98. The zero-order chi connectivity index (χ0) is 15.3. The van der Waals surface area contributed by atoms with E-state index in [0.717, 1.165) is 18.7 Å². The van der Waals surface area contributed by atoms with Crippen molar-refractivity contribution in [1.82, 2.24) is 5.32 Å². The third kappa shape index (κ3) is 8.16. The van der Waals surface area contributed by atoms with Crippen LogP contribution in [-0.2, 0) is 15.9 Å². The maximum atomic E-state index is 5.76. The molecule has 0 radical (unpaired) electrons. The molecule has 6 heteroatoms. The van der Waals surface area contributed by atoms with E-state index in [-0.39, 0.29) is 0 Å². The Labute approximate surface area is 126 Å². The SMILES string of the molecule is COCCOCCN=C(N)NCCc1ccc(OC)cc1. The number of hydrogen-bond donors (Lipinski definition) is 2. The Morgan fingerprint density at radius 3 is 2.57 bits per heavy atom. The van der Waals surface area contributed by atoms with E-state index in [9.17, 15) is 0 Å². The van der Waals surface area contributed by atoms with E-state index in [1.54, 1.807) is 14.2 Å². The maximum Gasteiger partial charge on any atom is 0.188 e. The van der Waals surface area contributed by atoms with Gasteiger partial charge >= 0.3 is 0 Å². The minimum absolute atomic E-state index is 0.443. The molecule has 3 N–H and O–H groups in total. The van der Waals surface area contributed by atoms with Gasteiger partial charge in [0.1, 0.15) is 5.75 Å². The average molecular weight is 295 g/mol. The molecule has 0 heterocycles. The fourth-order valence-corrected chi connectivity index (χ4v) is 1.66. The highest BCUT2D eigenvalue weighted by Gasteiger charge is 1.96. The summed E-state index contributed by atoms with van der Waals surface area (Å²) in [6.07, 6.45) is 0.880. The highest BCUT2D eigenvalue weighted by molar-refractivity contribution is 5.77. The van der Waals surface area contributed by atoms with Crippen molar-refractivity contribution < 1.29 is 14.2 Å². The van der Waals surface area contributed by atoms with Crippen LogP contribution in [0.1, 0.15) is 5.56 Å². The van der Waals surface area contributed by atoms with Gasteiger partial charge in [0.25, 0.3) is 0 Å². The molecule has 0 amide bonds. The Kier molecular flexibility index (Phi) is 8.99. The molecular weight excluding hydrogens is 270 g/mol. The van der Waals surface area contributed by atoms with Crippen molar-refractivity contribution in [2.45, 2.75) is 6.42 Å². The maximum absolute atomic E-state index is 5.76. The van der Waals surface area contributed by atoms with Gasteiger partial charge in [0.15, 0.2) is 5.96 Å². The Morgan fingerprint density at radius 1 is 1.14 bits per heavy atom. The van der Waals surface area contributed by atoms with Gasteiger partial charge in [-0.2, -0.15) is 0 Å². The average Bonchev–Trinajstić information content (AvgIpc) is 2.51. The second kappa shape index (κ2) is 10.9. The third-order valence-electron chi connectivity index (χ3n) is 2.83. The second-order valence-electron chi connectivity index (χ2n) is 4.40. The third-order valence-corrected chi connectivity index (χ3v) is 2.83. The number of aliphatic imine (C=N–C) groups is 1. The van der Waals surface area contributed by atoms with Crippen molar-refractivity contribution in [3.8, 4) is 5.75 Å². The molecule has 0 aliphatic rings. The van der Waals surface area contributed by atoms with E-state index in [1.807, 2.05) is 24.3 Å². The molecule has 1 aromatic rings. The van der Waals surface area contributed by atoms with Gasteiger partial charge in [0.05, 0.1) is 33.5 Å². The molecule has 0 unspecified atom stereocenters. The number of nitrogens with zero attached hydrogens (tertiary/aromatic N) is 1. The van der Waals surface area contributed by atoms with Crippen LogP contribution in [0.4, 0.5) is 0 Å². The lowest BCUT2D eigenvalue weighted by atomic mass is 10.1. The van der Waals surface area contributed by atoms with Crippen LogP contribution < -0.4 is 15.8 Å². The van der Waals surface area contributed by atoms with Crippen LogP contribution >= 0.6 is 0 Å². The minimum atomic E-state index is 0.443. The number of hydrogen-bond acceptors (Lipinski definition) is 4. The first-order valence-corrected chi connectivity index (χ1v) is 6.99. The fraction of sp³-hybridized carbons (Fsp3) is 0.533. The van der Waals surface area contributed by atoms with Crippen molar-refractivity contribution in [3.63, 3.8) is 0 Å². The first kappa shape index (κ1) is 17.3. The lowest BCUT2D eigenvalue weighted by molar-refractivity contribution is 0.0748. The number of nitrogens with two attached hydrogens (primary N) is 1. The Bertz CT molecular complexity index is 407. The highest BCUT2D eigenvalue weighted by atomic mass is 16.5. The Hall–Kier alpha value is -1.79. The van der Waals surface area contributed by atoms with E-state index in [2.05, 4.69) is 10.3 Å². The first-order chi connectivity index (χ1) is 10.3. The fourth-order valence-electron chi connectivity index (χ4n) is 1.66. The van der Waals surface area contributed by atoms with Gasteiger partial charge in [-0.15, -0.1) is 0 Å². The summed E-state index contributed by atoms with van der Waals surface area (Å²) in [4.78, 5) is 4.18. The smallest absolute Gasteiger partial charge is 0.188 e. The van der Waals surface area contributed by atoms with Crippen LogP contribution in [0.3, 0.4) is 0 Å². The topological polar surface area (TPSA) is 78.1 Å². The lowest BCUT2D eigenvalue weighted by Crippen LogP contribution is -2.33. The molecule has 1 aromatic carbocycles. The largest absolute Gasteiger partial charge is 0.497 e. The number of ether oxygens (including phenoxy) is 3. The van der Waals surface area contributed by atoms with Gasteiger partial charge in [0.2, 0.25) is 0 Å². The molecule has 0 saturated carbocycles. The Morgan fingerprint density at radius 2 is 1.90 bits per heavy atom. The molecule has 0 aliphatic carbocycles. The predicted octanol–water partition coefficient (Wildman–Crippen LogP) is 0.805. The van der Waals surface area contributed by atoms with E-state index in [0.29, 0.717) is 32.3 Å². The van der Waals surface area contributed by atoms with Crippen LogP contribution in [0.15, 0.2) is 29.3 Å². The number of nitrogens with one attached hydrogen (secondary N) is 1. The summed E-state index contributed by atoms with van der Waals surface area (Å²) in [6.45, 7) is 3.01. The number of guanidine groups is 1. The van der Waals surface area contributed by atoms with E-state index < -0.39 is 0 Å². The van der Waals surface area contributed by atoms with Crippen LogP contribution in [-0.4, -0.2) is 53.1 Å². The van der Waals surface area contributed by atoms with Gasteiger partial charge in [-0.25, -0.2) is 0 Å². The van der Waals surface area contributed by atoms with Gasteiger partial charge in [-0.1, -0.05) is 12.1 Å². The van der Waals surface area contributed by atoms with Crippen LogP contribution in [0.5, 0.6) is 5.75 Å². The van der Waals surface area contributed by atoms with E-state index >= 15 is 0 Å². The van der Waals surface area contributed by atoms with Crippen LogP contribution in [0.2, 0.25) is 0 Å². The molecule has 0 atom stereocenters. The molecule has 0 bridgehead atoms. The molecule has 6 nitrogen and oxygen atoms in total. The predicted molar refractivity (Wildman–Crippen MR) is 83.9 cm³/mol. The summed E-state index contributed by atoms with van der Waals surface area (Å²) in [5.41, 5.74) is 6.98. The monoisotopic (exact) mass is 295 g/mol. The van der Waals surface area contributed by atoms with Gasteiger partial charge < -0.3 is 25.3 Å². The highest BCUT2D eigenvalue weighted by Crippen LogP contribution is 2.11. The number of benzene rings is 1. The normalized spacial score (nSPS) is 11.4. The molecule has 1 rings (SSSR count). The standard InChI is InChI=1S/C15H25N3O3/c1-19-11-12-21-10-9-18-15(16)17-8-7-13-3-5-14(20-2)6-4-13/h3-6H,7-12H2,1-2H3,(H3,16,17,18). The van der Waals surface area contributed by atoms with Crippen molar-refractivity contribution in [2.24, 2.45) is 10.7 Å². The summed E-state index contributed by atoms with van der Waals surface area (Å²) in [5, 5.41) is 3.08. The molecular formula is C15H25N3O3. The first-order valence-electron chi connectivity index (χ1n) is 6.99. The molecule has 118 valence electrons. The quantitative estimate of drug-likeness (QED) is 0.379. The van der Waals surface area contributed by atoms with Crippen molar-refractivity contribution in [3.05, 3.63) is 29.8 Å². The minimum Gasteiger partial charge on any atom is -0.497 e. The lowest BCUT2D eigenvalue weighted by Gasteiger charge is -2.07. The van der Waals surface area contributed by atoms with Gasteiger partial charge in [0, 0.05) is 13.7 Å². The van der Waals surface area contributed by atoms with Crippen LogP contribution in [0, 0.1) is 0 Å². The summed E-state index contributed by atoms with van der Waals surface area (Å²) >= 11 is 0. The Balaban J connectivity index is 2.12. The summed E-state index contributed by atoms with van der Waals surface area (Å²) in [5.74, 6) is 1.31. The number of methoxy groups -OCH3 is 2. The molecule has 0 aromatic heterocycles. The van der Waals surface area contributed by atoms with Crippen molar-refractivity contribution in [2.75, 3.05) is 47.1 Å². The van der Waals surface area contributed by atoms with Crippen molar-refractivity contribution >= 4 is 5.96 Å². The number of rotatable bonds is 10. The molecule has 0 aliphatic heterocycles. The molecule has 0 fully saturated rings. The van der Waals surface area contributed by atoms with E-state index in [4.69, 9.17) is 19.9 Å². The summed E-state index contributed by atoms with van der Waals surface area (Å²) < 4.78 is 15.3. The van der Waals surface area contributed by atoms with E-state index in [1.165, 1.54) is 5.56 Å². The van der Waals surface area contributed by atoms with Crippen LogP contribution in [0.25, 0.3) is 0 Å². The zero-order valence-corrected chi connectivity index (χ0v) is 12.8. The summed E-state index contributed by atoms with van der Waals surface area (Å²) in [7, 11) is 3.30. The van der Waals surface area contributed by atoms with Gasteiger partial charge in [-0.3, -0.25) is 4.99 Å². The van der Waals surface area contributed by atoms with Crippen molar-refractivity contribution in [1.29, 1.82) is 0 Å². The molecule has 0 saturated heterocycles. The molecule has 0 spiro atoms.